The molecular formula is C17H17NO2. The molecule has 1 aliphatic carbocycles. The average molecular weight is 267 g/mol. The van der Waals surface area contributed by atoms with Crippen LogP contribution in [0.1, 0.15) is 35.1 Å². The number of rotatable bonds is 2. The van der Waals surface area contributed by atoms with Crippen LogP contribution in [0.3, 0.4) is 0 Å². The molecule has 0 aromatic heterocycles. The Morgan fingerprint density at radius 1 is 1.05 bits per heavy atom. The number of amides is 1. The second-order valence-electron chi connectivity index (χ2n) is 5.18. The van der Waals surface area contributed by atoms with Gasteiger partial charge < -0.3 is 10.4 Å². The van der Waals surface area contributed by atoms with E-state index >= 15 is 0 Å². The summed E-state index contributed by atoms with van der Waals surface area (Å²) in [5.74, 6) is 0.196. The van der Waals surface area contributed by atoms with E-state index in [0.29, 0.717) is 0 Å². The Hall–Kier alpha value is -2.29. The van der Waals surface area contributed by atoms with Crippen LogP contribution in [0, 0.1) is 0 Å². The average Bonchev–Trinajstić information content (AvgIpc) is 2.48. The van der Waals surface area contributed by atoms with Crippen LogP contribution in [0.15, 0.2) is 54.6 Å². The molecule has 0 saturated carbocycles. The number of benzene rings is 2. The lowest BCUT2D eigenvalue weighted by Gasteiger charge is -2.33. The van der Waals surface area contributed by atoms with Crippen molar-refractivity contribution in [1.82, 2.24) is 5.32 Å². The summed E-state index contributed by atoms with van der Waals surface area (Å²) in [6.07, 6.45) is 0.993. The highest BCUT2D eigenvalue weighted by molar-refractivity contribution is 5.66. The van der Waals surface area contributed by atoms with E-state index < -0.39 is 6.09 Å². The Morgan fingerprint density at radius 3 is 2.50 bits per heavy atom. The standard InChI is InChI=1S/C17H17NO2/c19-17(20)18-16-14-9-5-4-8-13(14)10-11-15(16)12-6-2-1-3-7-12/h1-9,15-16,18H,10-11H2,(H,19,20). The van der Waals surface area contributed by atoms with E-state index in [4.69, 9.17) is 5.11 Å². The minimum absolute atomic E-state index is 0.167. The minimum Gasteiger partial charge on any atom is -0.465 e. The van der Waals surface area contributed by atoms with Crippen molar-refractivity contribution >= 4 is 6.09 Å². The number of carbonyl (C=O) groups is 1. The van der Waals surface area contributed by atoms with Crippen molar-refractivity contribution in [3.05, 3.63) is 71.3 Å². The molecule has 3 heteroatoms. The first-order chi connectivity index (χ1) is 9.75. The van der Waals surface area contributed by atoms with Gasteiger partial charge in [-0.25, -0.2) is 4.79 Å². The van der Waals surface area contributed by atoms with Gasteiger partial charge in [0.1, 0.15) is 0 Å². The van der Waals surface area contributed by atoms with Gasteiger partial charge in [-0.2, -0.15) is 0 Å². The Morgan fingerprint density at radius 2 is 1.75 bits per heavy atom. The molecule has 0 bridgehead atoms. The molecule has 0 spiro atoms. The monoisotopic (exact) mass is 267 g/mol. The first-order valence-electron chi connectivity index (χ1n) is 6.88. The molecule has 2 aromatic rings. The number of carboxylic acid groups (broad SMARTS) is 1. The highest BCUT2D eigenvalue weighted by atomic mass is 16.4. The van der Waals surface area contributed by atoms with Gasteiger partial charge in [-0.15, -0.1) is 0 Å². The maximum atomic E-state index is 11.1. The quantitative estimate of drug-likeness (QED) is 0.871. The molecule has 1 amide bonds. The Kier molecular flexibility index (Phi) is 3.42. The van der Waals surface area contributed by atoms with Crippen LogP contribution in [0.4, 0.5) is 4.79 Å². The summed E-state index contributed by atoms with van der Waals surface area (Å²) >= 11 is 0. The molecule has 3 rings (SSSR count). The summed E-state index contributed by atoms with van der Waals surface area (Å²) in [6.45, 7) is 0. The predicted octanol–water partition coefficient (Wildman–Crippen LogP) is 3.73. The van der Waals surface area contributed by atoms with Crippen molar-refractivity contribution in [2.45, 2.75) is 24.8 Å². The lowest BCUT2D eigenvalue weighted by Crippen LogP contribution is -2.34. The third-order valence-electron chi connectivity index (χ3n) is 4.02. The molecule has 0 aliphatic heterocycles. The predicted molar refractivity (Wildman–Crippen MR) is 77.8 cm³/mol. The van der Waals surface area contributed by atoms with E-state index in [1.165, 1.54) is 11.1 Å². The number of aryl methyl sites for hydroxylation is 1. The van der Waals surface area contributed by atoms with Crippen molar-refractivity contribution in [2.24, 2.45) is 0 Å². The van der Waals surface area contributed by atoms with Crippen molar-refractivity contribution < 1.29 is 9.90 Å². The highest BCUT2D eigenvalue weighted by Gasteiger charge is 2.31. The zero-order chi connectivity index (χ0) is 13.9. The van der Waals surface area contributed by atoms with Crippen molar-refractivity contribution in [2.75, 3.05) is 0 Å². The molecule has 3 nitrogen and oxygen atoms in total. The fourth-order valence-corrected chi connectivity index (χ4v) is 3.13. The van der Waals surface area contributed by atoms with Gasteiger partial charge in [-0.3, -0.25) is 0 Å². The molecule has 2 unspecified atom stereocenters. The number of hydrogen-bond acceptors (Lipinski definition) is 1. The number of hydrogen-bond donors (Lipinski definition) is 2. The third kappa shape index (κ3) is 2.39. The molecule has 1 aliphatic rings. The molecule has 2 atom stereocenters. The Balaban J connectivity index is 2.01. The van der Waals surface area contributed by atoms with Gasteiger partial charge in [0.25, 0.3) is 0 Å². The van der Waals surface area contributed by atoms with Gasteiger partial charge in [0, 0.05) is 5.92 Å². The van der Waals surface area contributed by atoms with Crippen LogP contribution in [-0.2, 0) is 6.42 Å². The summed E-state index contributed by atoms with van der Waals surface area (Å²) in [4.78, 5) is 11.1. The lowest BCUT2D eigenvalue weighted by atomic mass is 9.76. The molecule has 2 N–H and O–H groups in total. The van der Waals surface area contributed by atoms with E-state index in [2.05, 4.69) is 23.5 Å². The van der Waals surface area contributed by atoms with E-state index in [-0.39, 0.29) is 12.0 Å². The fourth-order valence-electron chi connectivity index (χ4n) is 3.13. The second-order valence-corrected chi connectivity index (χ2v) is 5.18. The second kappa shape index (κ2) is 5.37. The summed E-state index contributed by atoms with van der Waals surface area (Å²) in [7, 11) is 0. The van der Waals surface area contributed by atoms with Crippen LogP contribution in [0.2, 0.25) is 0 Å². The van der Waals surface area contributed by atoms with E-state index in [1.807, 2.05) is 36.4 Å². The molecule has 20 heavy (non-hydrogen) atoms. The van der Waals surface area contributed by atoms with Gasteiger partial charge in [0.2, 0.25) is 0 Å². The lowest BCUT2D eigenvalue weighted by molar-refractivity contribution is 0.186. The summed E-state index contributed by atoms with van der Waals surface area (Å²) in [5.41, 5.74) is 3.55. The van der Waals surface area contributed by atoms with E-state index in [0.717, 1.165) is 18.4 Å². The third-order valence-corrected chi connectivity index (χ3v) is 4.02. The largest absolute Gasteiger partial charge is 0.465 e. The fraction of sp³-hybridized carbons (Fsp3) is 0.235. The smallest absolute Gasteiger partial charge is 0.405 e. The van der Waals surface area contributed by atoms with Crippen LogP contribution in [-0.4, -0.2) is 11.2 Å². The van der Waals surface area contributed by atoms with Gasteiger partial charge >= 0.3 is 6.09 Å². The molecule has 0 heterocycles. The first-order valence-corrected chi connectivity index (χ1v) is 6.88. The SMILES string of the molecule is O=C(O)NC1c2ccccc2CCC1c1ccccc1. The first kappa shape index (κ1) is 12.7. The van der Waals surface area contributed by atoms with E-state index in [9.17, 15) is 4.79 Å². The van der Waals surface area contributed by atoms with Gasteiger partial charge in [-0.1, -0.05) is 54.6 Å². The van der Waals surface area contributed by atoms with Gasteiger partial charge in [0.05, 0.1) is 6.04 Å². The molecule has 0 radical (unpaired) electrons. The van der Waals surface area contributed by atoms with Crippen molar-refractivity contribution in [3.63, 3.8) is 0 Å². The van der Waals surface area contributed by atoms with Gasteiger partial charge in [-0.05, 0) is 29.5 Å². The summed E-state index contributed by atoms with van der Waals surface area (Å²) < 4.78 is 0. The van der Waals surface area contributed by atoms with Crippen LogP contribution in [0.25, 0.3) is 0 Å². The van der Waals surface area contributed by atoms with Crippen molar-refractivity contribution in [3.8, 4) is 0 Å². The Bertz CT molecular complexity index is 609. The zero-order valence-corrected chi connectivity index (χ0v) is 11.1. The molecule has 102 valence electrons. The highest BCUT2D eigenvalue weighted by Crippen LogP contribution is 2.40. The molecule has 0 fully saturated rings. The maximum Gasteiger partial charge on any atom is 0.405 e. The summed E-state index contributed by atoms with van der Waals surface area (Å²) in [6, 6.07) is 18.1. The summed E-state index contributed by atoms with van der Waals surface area (Å²) in [5, 5.41) is 11.8. The topological polar surface area (TPSA) is 49.3 Å². The van der Waals surface area contributed by atoms with Crippen molar-refractivity contribution in [1.29, 1.82) is 0 Å². The minimum atomic E-state index is -0.965. The van der Waals surface area contributed by atoms with E-state index in [1.54, 1.807) is 0 Å². The molecule has 0 saturated heterocycles. The number of nitrogens with one attached hydrogen (secondary N) is 1. The van der Waals surface area contributed by atoms with Crippen LogP contribution < -0.4 is 5.32 Å². The Labute approximate surface area is 118 Å². The van der Waals surface area contributed by atoms with Crippen LogP contribution in [0.5, 0.6) is 0 Å². The van der Waals surface area contributed by atoms with Gasteiger partial charge in [0.15, 0.2) is 0 Å². The maximum absolute atomic E-state index is 11.1. The number of fused-ring (bicyclic) bond motifs is 1. The molecular weight excluding hydrogens is 250 g/mol. The zero-order valence-electron chi connectivity index (χ0n) is 11.1. The van der Waals surface area contributed by atoms with Crippen LogP contribution >= 0.6 is 0 Å². The normalized spacial score (nSPS) is 21.0. The molecule has 2 aromatic carbocycles.